The van der Waals surface area contributed by atoms with Crippen LogP contribution in [0.5, 0.6) is 0 Å². The highest BCUT2D eigenvalue weighted by Gasteiger charge is 2.31. The van der Waals surface area contributed by atoms with Crippen molar-refractivity contribution in [2.75, 3.05) is 11.9 Å². The first-order valence-electron chi connectivity index (χ1n) is 7.39. The molecule has 110 valence electrons. The molecule has 1 saturated carbocycles. The van der Waals surface area contributed by atoms with Gasteiger partial charge in [0.1, 0.15) is 0 Å². The zero-order valence-electron chi connectivity index (χ0n) is 12.3. The quantitative estimate of drug-likeness (QED) is 0.791. The van der Waals surface area contributed by atoms with Crippen LogP contribution >= 0.6 is 0 Å². The molecule has 0 bridgehead atoms. The molecule has 1 aliphatic carbocycles. The van der Waals surface area contributed by atoms with Crippen LogP contribution in [0.15, 0.2) is 18.2 Å². The molecule has 2 amide bonds. The van der Waals surface area contributed by atoms with Crippen molar-refractivity contribution in [1.82, 2.24) is 5.32 Å². The van der Waals surface area contributed by atoms with Gasteiger partial charge in [-0.3, -0.25) is 0 Å². The number of aliphatic hydroxyl groups is 1. The molecular weight excluding hydrogens is 252 g/mol. The van der Waals surface area contributed by atoms with Gasteiger partial charge in [-0.05, 0) is 49.4 Å². The van der Waals surface area contributed by atoms with Crippen molar-refractivity contribution in [2.24, 2.45) is 0 Å². The number of carbonyl (C=O) groups is 1. The van der Waals surface area contributed by atoms with Gasteiger partial charge in [-0.15, -0.1) is 0 Å². The molecule has 0 aromatic heterocycles. The van der Waals surface area contributed by atoms with Gasteiger partial charge in [-0.2, -0.15) is 0 Å². The van der Waals surface area contributed by atoms with E-state index >= 15 is 0 Å². The van der Waals surface area contributed by atoms with E-state index in [4.69, 9.17) is 0 Å². The van der Waals surface area contributed by atoms with Gasteiger partial charge >= 0.3 is 6.03 Å². The van der Waals surface area contributed by atoms with Gasteiger partial charge in [-0.25, -0.2) is 4.79 Å². The minimum absolute atomic E-state index is 0.253. The highest BCUT2D eigenvalue weighted by molar-refractivity contribution is 5.89. The highest BCUT2D eigenvalue weighted by Crippen LogP contribution is 2.28. The molecule has 0 aliphatic heterocycles. The third-order valence-electron chi connectivity index (χ3n) is 4.10. The Hall–Kier alpha value is -1.55. The molecule has 0 heterocycles. The molecule has 0 spiro atoms. The summed E-state index contributed by atoms with van der Waals surface area (Å²) in [5.41, 5.74) is 2.55. The summed E-state index contributed by atoms with van der Waals surface area (Å²) in [6.07, 6.45) is 4.58. The number of aryl methyl sites for hydroxylation is 2. The van der Waals surface area contributed by atoms with Crippen LogP contribution in [0.2, 0.25) is 0 Å². The minimum atomic E-state index is -0.709. The lowest BCUT2D eigenvalue weighted by Crippen LogP contribution is -2.42. The summed E-state index contributed by atoms with van der Waals surface area (Å²) in [5, 5.41) is 15.8. The van der Waals surface area contributed by atoms with E-state index in [2.05, 4.69) is 24.5 Å². The summed E-state index contributed by atoms with van der Waals surface area (Å²) in [6, 6.07) is 5.66. The van der Waals surface area contributed by atoms with E-state index in [-0.39, 0.29) is 6.03 Å². The van der Waals surface area contributed by atoms with Crippen molar-refractivity contribution in [3.05, 3.63) is 29.3 Å². The summed E-state index contributed by atoms with van der Waals surface area (Å²) in [7, 11) is 0. The highest BCUT2D eigenvalue weighted by atomic mass is 16.3. The van der Waals surface area contributed by atoms with Crippen molar-refractivity contribution in [3.8, 4) is 0 Å². The Balaban J connectivity index is 1.88. The van der Waals surface area contributed by atoms with Crippen LogP contribution in [0.4, 0.5) is 10.5 Å². The summed E-state index contributed by atoms with van der Waals surface area (Å²) in [6.45, 7) is 4.49. The zero-order valence-corrected chi connectivity index (χ0v) is 12.3. The third kappa shape index (κ3) is 3.73. The summed E-state index contributed by atoms with van der Waals surface area (Å²) < 4.78 is 0. The lowest BCUT2D eigenvalue weighted by molar-refractivity contribution is 0.0506. The fourth-order valence-electron chi connectivity index (χ4n) is 2.76. The number of urea groups is 1. The topological polar surface area (TPSA) is 61.4 Å². The molecule has 1 aromatic rings. The molecule has 4 heteroatoms. The maximum Gasteiger partial charge on any atom is 0.319 e. The number of anilines is 1. The molecule has 3 N–H and O–H groups in total. The number of hydrogen-bond acceptors (Lipinski definition) is 2. The number of benzene rings is 1. The first kappa shape index (κ1) is 14.9. The average Bonchev–Trinajstić information content (AvgIpc) is 2.86. The van der Waals surface area contributed by atoms with Gasteiger partial charge in [-0.1, -0.05) is 25.8 Å². The number of nitrogens with one attached hydrogen (secondary N) is 2. The Morgan fingerprint density at radius 1 is 1.35 bits per heavy atom. The molecule has 2 rings (SSSR count). The Kier molecular flexibility index (Phi) is 4.65. The van der Waals surface area contributed by atoms with Crippen LogP contribution in [0.1, 0.15) is 43.7 Å². The van der Waals surface area contributed by atoms with Crippen molar-refractivity contribution in [3.63, 3.8) is 0 Å². The first-order chi connectivity index (χ1) is 9.52. The molecular formula is C16H24N2O2. The van der Waals surface area contributed by atoms with E-state index in [0.29, 0.717) is 6.54 Å². The zero-order chi connectivity index (χ0) is 14.6. The van der Waals surface area contributed by atoms with Crippen molar-refractivity contribution in [2.45, 2.75) is 51.6 Å². The monoisotopic (exact) mass is 276 g/mol. The lowest BCUT2D eigenvalue weighted by atomic mass is 10.0. The van der Waals surface area contributed by atoms with Crippen LogP contribution < -0.4 is 10.6 Å². The van der Waals surface area contributed by atoms with Gasteiger partial charge in [0, 0.05) is 12.2 Å². The second-order valence-corrected chi connectivity index (χ2v) is 5.73. The molecule has 1 aliphatic rings. The number of carbonyl (C=O) groups excluding carboxylic acids is 1. The molecule has 0 unspecified atom stereocenters. The van der Waals surface area contributed by atoms with Gasteiger partial charge in [0.2, 0.25) is 0 Å². The van der Waals surface area contributed by atoms with E-state index in [1.54, 1.807) is 0 Å². The maximum absolute atomic E-state index is 11.9. The molecule has 4 nitrogen and oxygen atoms in total. The smallest absolute Gasteiger partial charge is 0.319 e. The molecule has 1 aromatic carbocycles. The van der Waals surface area contributed by atoms with E-state index in [1.807, 2.05) is 18.2 Å². The summed E-state index contributed by atoms with van der Waals surface area (Å²) in [5.74, 6) is 0. The second kappa shape index (κ2) is 6.27. The van der Waals surface area contributed by atoms with E-state index < -0.39 is 5.60 Å². The average molecular weight is 276 g/mol. The number of rotatable bonds is 4. The van der Waals surface area contributed by atoms with E-state index in [1.165, 1.54) is 11.1 Å². The van der Waals surface area contributed by atoms with Gasteiger partial charge in [0.25, 0.3) is 0 Å². The fourth-order valence-corrected chi connectivity index (χ4v) is 2.76. The normalized spacial score (nSPS) is 16.9. The van der Waals surface area contributed by atoms with Gasteiger partial charge < -0.3 is 15.7 Å². The largest absolute Gasteiger partial charge is 0.388 e. The minimum Gasteiger partial charge on any atom is -0.388 e. The predicted molar refractivity (Wildman–Crippen MR) is 81.0 cm³/mol. The summed E-state index contributed by atoms with van der Waals surface area (Å²) in [4.78, 5) is 11.9. The lowest BCUT2D eigenvalue weighted by Gasteiger charge is -2.22. The molecule has 0 atom stereocenters. The number of hydrogen-bond donors (Lipinski definition) is 3. The second-order valence-electron chi connectivity index (χ2n) is 5.73. The van der Waals surface area contributed by atoms with Gasteiger partial charge in [0.15, 0.2) is 0 Å². The van der Waals surface area contributed by atoms with E-state index in [0.717, 1.165) is 37.8 Å². The van der Waals surface area contributed by atoms with Crippen molar-refractivity contribution in [1.29, 1.82) is 0 Å². The predicted octanol–water partition coefficient (Wildman–Crippen LogP) is 2.98. The Labute approximate surface area is 120 Å². The fraction of sp³-hybridized carbons (Fsp3) is 0.562. The van der Waals surface area contributed by atoms with Crippen LogP contribution in [-0.4, -0.2) is 23.3 Å². The maximum atomic E-state index is 11.9. The van der Waals surface area contributed by atoms with Gasteiger partial charge in [0.05, 0.1) is 5.60 Å². The van der Waals surface area contributed by atoms with Crippen LogP contribution in [-0.2, 0) is 6.42 Å². The molecule has 0 saturated heterocycles. The SMILES string of the molecule is CCc1cc(NC(=O)NCC2(O)CCCC2)ccc1C. The molecule has 20 heavy (non-hydrogen) atoms. The third-order valence-corrected chi connectivity index (χ3v) is 4.10. The van der Waals surface area contributed by atoms with Crippen molar-refractivity contribution < 1.29 is 9.90 Å². The van der Waals surface area contributed by atoms with E-state index in [9.17, 15) is 9.90 Å². The first-order valence-corrected chi connectivity index (χ1v) is 7.39. The van der Waals surface area contributed by atoms with Crippen LogP contribution in [0.3, 0.4) is 0 Å². The molecule has 0 radical (unpaired) electrons. The summed E-state index contributed by atoms with van der Waals surface area (Å²) >= 11 is 0. The van der Waals surface area contributed by atoms with Crippen LogP contribution in [0.25, 0.3) is 0 Å². The standard InChI is InChI=1S/C16H24N2O2/c1-3-13-10-14(7-6-12(13)2)18-15(19)17-11-16(20)8-4-5-9-16/h6-7,10,20H,3-5,8-9,11H2,1-2H3,(H2,17,18,19). The Morgan fingerprint density at radius 2 is 2.05 bits per heavy atom. The number of amides is 2. The molecule has 1 fully saturated rings. The van der Waals surface area contributed by atoms with Crippen LogP contribution in [0, 0.1) is 6.92 Å². The Bertz CT molecular complexity index is 479. The Morgan fingerprint density at radius 3 is 2.70 bits per heavy atom. The van der Waals surface area contributed by atoms with Crippen molar-refractivity contribution >= 4 is 11.7 Å².